The van der Waals surface area contributed by atoms with Gasteiger partial charge in [-0.25, -0.2) is 8.42 Å². The Kier molecular flexibility index (Phi) is 4.97. The number of nitrogens with zero attached hydrogens (tertiary/aromatic N) is 1. The zero-order valence-electron chi connectivity index (χ0n) is 12.1. The van der Waals surface area contributed by atoms with Crippen molar-refractivity contribution >= 4 is 21.6 Å². The number of amides is 1. The molecule has 0 spiro atoms. The Hall–Kier alpha value is -1.44. The van der Waals surface area contributed by atoms with E-state index < -0.39 is 16.2 Å². The fraction of sp³-hybridized carbons (Fsp3) is 0.500. The molecule has 6 nitrogen and oxygen atoms in total. The van der Waals surface area contributed by atoms with Gasteiger partial charge in [-0.2, -0.15) is 4.31 Å². The molecule has 1 heterocycles. The summed E-state index contributed by atoms with van der Waals surface area (Å²) >= 11 is 0. The average molecular weight is 311 g/mol. The number of anilines is 1. The second kappa shape index (κ2) is 6.55. The highest BCUT2D eigenvalue weighted by molar-refractivity contribution is 7.89. The number of carbonyl (C=O) groups excluding carboxylic acids is 1. The highest BCUT2D eigenvalue weighted by atomic mass is 32.2. The minimum atomic E-state index is -3.58. The Bertz CT molecular complexity index is 598. The van der Waals surface area contributed by atoms with E-state index in [9.17, 15) is 13.2 Å². The monoisotopic (exact) mass is 311 g/mol. The maximum Gasteiger partial charge on any atom is 0.244 e. The molecular weight excluding hydrogens is 290 g/mol. The highest BCUT2D eigenvalue weighted by Crippen LogP contribution is 2.23. The molecule has 1 fully saturated rings. The molecule has 7 heteroatoms. The topological polar surface area (TPSA) is 92.5 Å². The lowest BCUT2D eigenvalue weighted by molar-refractivity contribution is -0.114. The molecule has 1 atom stereocenters. The number of benzene rings is 1. The van der Waals surface area contributed by atoms with Gasteiger partial charge in [-0.15, -0.1) is 0 Å². The first kappa shape index (κ1) is 15.9. The van der Waals surface area contributed by atoms with Gasteiger partial charge in [0, 0.05) is 19.2 Å². The van der Waals surface area contributed by atoms with Crippen molar-refractivity contribution < 1.29 is 13.2 Å². The van der Waals surface area contributed by atoms with Crippen molar-refractivity contribution in [2.45, 2.75) is 43.7 Å². The summed E-state index contributed by atoms with van der Waals surface area (Å²) < 4.78 is 26.7. The van der Waals surface area contributed by atoms with Crippen molar-refractivity contribution in [3.8, 4) is 0 Å². The van der Waals surface area contributed by atoms with E-state index in [4.69, 9.17) is 5.73 Å². The van der Waals surface area contributed by atoms with Gasteiger partial charge in [0.2, 0.25) is 15.9 Å². The number of hydrogen-bond acceptors (Lipinski definition) is 4. The van der Waals surface area contributed by atoms with Crippen LogP contribution in [-0.4, -0.2) is 31.3 Å². The molecule has 1 amide bonds. The molecular formula is C14H21N3O3S. The molecule has 0 aromatic heterocycles. The molecule has 0 saturated carbocycles. The van der Waals surface area contributed by atoms with E-state index in [1.807, 2.05) is 0 Å². The molecule has 116 valence electrons. The summed E-state index contributed by atoms with van der Waals surface area (Å²) in [5.41, 5.74) is 6.56. The van der Waals surface area contributed by atoms with E-state index in [0.717, 1.165) is 19.3 Å². The molecule has 2 rings (SSSR count). The molecule has 1 aliphatic heterocycles. The largest absolute Gasteiger partial charge is 0.326 e. The van der Waals surface area contributed by atoms with Crippen molar-refractivity contribution in [3.63, 3.8) is 0 Å². The summed E-state index contributed by atoms with van der Waals surface area (Å²) in [4.78, 5) is 11.2. The van der Waals surface area contributed by atoms with Gasteiger partial charge in [-0.05, 0) is 37.1 Å². The Morgan fingerprint density at radius 2 is 1.90 bits per heavy atom. The van der Waals surface area contributed by atoms with E-state index >= 15 is 0 Å². The van der Waals surface area contributed by atoms with E-state index in [1.54, 1.807) is 12.1 Å². The number of rotatable bonds is 3. The van der Waals surface area contributed by atoms with Gasteiger partial charge in [0.25, 0.3) is 0 Å². The normalized spacial score (nSPS) is 20.8. The van der Waals surface area contributed by atoms with Crippen molar-refractivity contribution in [2.24, 2.45) is 5.73 Å². The van der Waals surface area contributed by atoms with Crippen LogP contribution in [0.2, 0.25) is 0 Å². The Labute approximate surface area is 125 Å². The fourth-order valence-corrected chi connectivity index (χ4v) is 4.04. The van der Waals surface area contributed by atoms with Gasteiger partial charge >= 0.3 is 0 Å². The zero-order chi connectivity index (χ0) is 15.5. The standard InChI is InChI=1S/C14H21N3O3S/c1-11(18)16-12-6-8-13(9-7-12)21(19,20)17-10-4-2-3-5-14(17)15/h6-9,14H,2-5,10,15H2,1H3,(H,16,18). The molecule has 1 aliphatic rings. The predicted molar refractivity (Wildman–Crippen MR) is 81.1 cm³/mol. The number of nitrogens with two attached hydrogens (primary N) is 1. The summed E-state index contributed by atoms with van der Waals surface area (Å²) in [7, 11) is -3.58. The van der Waals surface area contributed by atoms with Crippen LogP contribution < -0.4 is 11.1 Å². The second-order valence-corrected chi connectivity index (χ2v) is 7.13. The molecule has 1 unspecified atom stereocenters. The molecule has 1 aromatic rings. The van der Waals surface area contributed by atoms with Crippen LogP contribution in [0.15, 0.2) is 29.2 Å². The molecule has 1 aromatic carbocycles. The molecule has 0 bridgehead atoms. The summed E-state index contributed by atoms with van der Waals surface area (Å²) in [5, 5.41) is 2.61. The Balaban J connectivity index is 2.23. The number of hydrogen-bond donors (Lipinski definition) is 2. The SMILES string of the molecule is CC(=O)Nc1ccc(S(=O)(=O)N2CCCCCC2N)cc1. The van der Waals surface area contributed by atoms with Gasteiger partial charge < -0.3 is 11.1 Å². The van der Waals surface area contributed by atoms with Gasteiger partial charge in [0.1, 0.15) is 0 Å². The average Bonchev–Trinajstić information content (AvgIpc) is 2.63. The van der Waals surface area contributed by atoms with E-state index in [1.165, 1.54) is 23.4 Å². The molecule has 3 N–H and O–H groups in total. The third-order valence-corrected chi connectivity index (χ3v) is 5.47. The maximum atomic E-state index is 12.6. The number of carbonyl (C=O) groups is 1. The molecule has 21 heavy (non-hydrogen) atoms. The van der Waals surface area contributed by atoms with E-state index in [2.05, 4.69) is 5.32 Å². The summed E-state index contributed by atoms with van der Waals surface area (Å²) in [6, 6.07) is 6.16. The van der Waals surface area contributed by atoms with Crippen molar-refractivity contribution in [1.29, 1.82) is 0 Å². The predicted octanol–water partition coefficient (Wildman–Crippen LogP) is 1.49. The lowest BCUT2D eigenvalue weighted by atomic mass is 10.2. The first-order chi connectivity index (χ1) is 9.91. The van der Waals surface area contributed by atoms with Crippen LogP contribution in [0.1, 0.15) is 32.6 Å². The van der Waals surface area contributed by atoms with E-state index in [0.29, 0.717) is 18.7 Å². The lowest BCUT2D eigenvalue weighted by Gasteiger charge is -2.26. The van der Waals surface area contributed by atoms with Crippen LogP contribution >= 0.6 is 0 Å². The molecule has 0 aliphatic carbocycles. The summed E-state index contributed by atoms with van der Waals surface area (Å²) in [5.74, 6) is -0.194. The third-order valence-electron chi connectivity index (χ3n) is 3.53. The van der Waals surface area contributed by atoms with Gasteiger partial charge in [0.15, 0.2) is 0 Å². The van der Waals surface area contributed by atoms with Crippen LogP contribution in [0.3, 0.4) is 0 Å². The van der Waals surface area contributed by atoms with Crippen LogP contribution in [-0.2, 0) is 14.8 Å². The molecule has 0 radical (unpaired) electrons. The third kappa shape index (κ3) is 3.81. The Morgan fingerprint density at radius 3 is 2.52 bits per heavy atom. The second-order valence-electron chi connectivity index (χ2n) is 5.24. The minimum absolute atomic E-state index is 0.194. The van der Waals surface area contributed by atoms with Crippen molar-refractivity contribution in [1.82, 2.24) is 4.31 Å². The van der Waals surface area contributed by atoms with Gasteiger partial charge in [-0.3, -0.25) is 4.79 Å². The maximum absolute atomic E-state index is 12.6. The van der Waals surface area contributed by atoms with Crippen molar-refractivity contribution in [2.75, 3.05) is 11.9 Å². The van der Waals surface area contributed by atoms with Gasteiger partial charge in [0.05, 0.1) is 11.1 Å². The highest BCUT2D eigenvalue weighted by Gasteiger charge is 2.30. The van der Waals surface area contributed by atoms with Crippen LogP contribution in [0, 0.1) is 0 Å². The van der Waals surface area contributed by atoms with Gasteiger partial charge in [-0.1, -0.05) is 12.8 Å². The van der Waals surface area contributed by atoms with Crippen LogP contribution in [0.4, 0.5) is 5.69 Å². The smallest absolute Gasteiger partial charge is 0.244 e. The first-order valence-electron chi connectivity index (χ1n) is 7.06. The van der Waals surface area contributed by atoms with E-state index in [-0.39, 0.29) is 10.8 Å². The summed E-state index contributed by atoms with van der Waals surface area (Å²) in [6.45, 7) is 1.86. The lowest BCUT2D eigenvalue weighted by Crippen LogP contribution is -2.45. The summed E-state index contributed by atoms with van der Waals surface area (Å²) in [6.07, 6.45) is 3.00. The van der Waals surface area contributed by atoms with Crippen LogP contribution in [0.5, 0.6) is 0 Å². The number of nitrogens with one attached hydrogen (secondary N) is 1. The Morgan fingerprint density at radius 1 is 1.24 bits per heavy atom. The minimum Gasteiger partial charge on any atom is -0.326 e. The zero-order valence-corrected chi connectivity index (χ0v) is 12.9. The quantitative estimate of drug-likeness (QED) is 0.884. The van der Waals surface area contributed by atoms with Crippen molar-refractivity contribution in [3.05, 3.63) is 24.3 Å². The fourth-order valence-electron chi connectivity index (χ4n) is 2.46. The first-order valence-corrected chi connectivity index (χ1v) is 8.50. The molecule has 1 saturated heterocycles. The van der Waals surface area contributed by atoms with Crippen LogP contribution in [0.25, 0.3) is 0 Å². The number of sulfonamides is 1.